The van der Waals surface area contributed by atoms with E-state index in [0.717, 1.165) is 0 Å². The van der Waals surface area contributed by atoms with Gasteiger partial charge in [0.25, 0.3) is 0 Å². The van der Waals surface area contributed by atoms with Crippen molar-refractivity contribution >= 4 is 33.9 Å². The second-order valence-corrected chi connectivity index (χ2v) is 2.22. The molecule has 0 spiro atoms. The summed E-state index contributed by atoms with van der Waals surface area (Å²) in [4.78, 5) is 0. The summed E-state index contributed by atoms with van der Waals surface area (Å²) < 4.78 is 9.56. The van der Waals surface area contributed by atoms with E-state index in [2.05, 4.69) is 6.92 Å². The zero-order chi connectivity index (χ0) is 5.58. The van der Waals surface area contributed by atoms with Crippen LogP contribution in [-0.2, 0) is 10.8 Å². The summed E-state index contributed by atoms with van der Waals surface area (Å²) >= 11 is 0. The van der Waals surface area contributed by atoms with Crippen molar-refractivity contribution in [3.8, 4) is 0 Å². The molecule has 48 valence electrons. The van der Waals surface area contributed by atoms with E-state index >= 15 is 0 Å². The largest absolute Gasteiger partial charge is 2.00 e. The maximum atomic E-state index is 9.56. The van der Waals surface area contributed by atoms with Crippen molar-refractivity contribution in [1.29, 1.82) is 0 Å². The van der Waals surface area contributed by atoms with Crippen LogP contribution in [0.1, 0.15) is 6.92 Å². The zero-order valence-electron chi connectivity index (χ0n) is 5.61. The van der Waals surface area contributed by atoms with Crippen LogP contribution in [0.5, 0.6) is 0 Å². The van der Waals surface area contributed by atoms with Crippen LogP contribution in [-0.4, -0.2) is 39.8 Å². The molecule has 0 atom stereocenters. The molecule has 0 aromatic carbocycles. The van der Waals surface area contributed by atoms with Crippen LogP contribution in [0.3, 0.4) is 0 Å². The minimum Gasteiger partial charge on any atom is -1.00 e. The van der Waals surface area contributed by atoms with Gasteiger partial charge in [-0.15, -0.1) is 0 Å². The number of hydrogen-bond acceptors (Lipinski definition) is 1. The molecule has 0 fully saturated rings. The standard InChI is InChI=1S/C2H6OS.C2H5.BrH.Mg/c1-4(2)3;1-2;;/h1-2H3;1H2,2H3;1H;/q;-1;;+2/p-1. The summed E-state index contributed by atoms with van der Waals surface area (Å²) in [5, 5.41) is 0. The van der Waals surface area contributed by atoms with E-state index in [-0.39, 0.29) is 40.0 Å². The Balaban J connectivity index is -0.0000000183. The van der Waals surface area contributed by atoms with E-state index in [1.54, 1.807) is 19.4 Å². The van der Waals surface area contributed by atoms with Gasteiger partial charge >= 0.3 is 23.1 Å². The van der Waals surface area contributed by atoms with E-state index < -0.39 is 10.8 Å². The van der Waals surface area contributed by atoms with Gasteiger partial charge < -0.3 is 23.9 Å². The number of hydrogen-bond donors (Lipinski definition) is 0. The zero-order valence-corrected chi connectivity index (χ0v) is 9.43. The first kappa shape index (κ1) is 22.7. The van der Waals surface area contributed by atoms with Crippen molar-refractivity contribution in [3.05, 3.63) is 6.92 Å². The minimum atomic E-state index is -0.611. The molecule has 0 aliphatic rings. The second kappa shape index (κ2) is 23.8. The van der Waals surface area contributed by atoms with Crippen molar-refractivity contribution in [1.82, 2.24) is 0 Å². The quantitative estimate of drug-likeness (QED) is 0.319. The Labute approximate surface area is 81.0 Å². The fourth-order valence-corrected chi connectivity index (χ4v) is 0. The van der Waals surface area contributed by atoms with Crippen LogP contribution >= 0.6 is 0 Å². The van der Waals surface area contributed by atoms with E-state index in [9.17, 15) is 4.21 Å². The number of halogens is 1. The summed E-state index contributed by atoms with van der Waals surface area (Å²) in [6.45, 7) is 5.00. The monoisotopic (exact) mass is 210 g/mol. The molecule has 0 aliphatic heterocycles. The smallest absolute Gasteiger partial charge is 1.00 e. The van der Waals surface area contributed by atoms with Gasteiger partial charge in [-0.2, -0.15) is 6.92 Å². The van der Waals surface area contributed by atoms with E-state index in [0.29, 0.717) is 0 Å². The Bertz CT molecular complexity index is 39.0. The molecular formula is C4H11BrMgOS. The van der Waals surface area contributed by atoms with Crippen molar-refractivity contribution in [2.75, 3.05) is 12.5 Å². The summed E-state index contributed by atoms with van der Waals surface area (Å²) in [5.41, 5.74) is 0. The van der Waals surface area contributed by atoms with Crippen LogP contribution in [0.25, 0.3) is 0 Å². The Morgan fingerprint density at radius 1 is 1.25 bits per heavy atom. The molecule has 0 amide bonds. The van der Waals surface area contributed by atoms with Gasteiger partial charge in [-0.3, -0.25) is 4.21 Å². The van der Waals surface area contributed by atoms with Crippen LogP contribution in [0.2, 0.25) is 0 Å². The van der Waals surface area contributed by atoms with Crippen molar-refractivity contribution in [2.45, 2.75) is 6.92 Å². The molecule has 0 bridgehead atoms. The summed E-state index contributed by atoms with van der Waals surface area (Å²) in [7, 11) is -0.611. The molecule has 0 N–H and O–H groups in total. The van der Waals surface area contributed by atoms with Gasteiger partial charge in [-0.25, -0.2) is 0 Å². The summed E-state index contributed by atoms with van der Waals surface area (Å²) in [6.07, 6.45) is 3.28. The third-order valence-electron chi connectivity index (χ3n) is 0. The van der Waals surface area contributed by atoms with Crippen molar-refractivity contribution < 1.29 is 21.2 Å². The average Bonchev–Trinajstić information content (AvgIpc) is 1.41. The molecule has 0 heterocycles. The van der Waals surface area contributed by atoms with Crippen LogP contribution in [0.15, 0.2) is 0 Å². The molecule has 0 aromatic rings. The van der Waals surface area contributed by atoms with Gasteiger partial charge in [0, 0.05) is 23.3 Å². The first-order valence-electron chi connectivity index (χ1n) is 1.69. The van der Waals surface area contributed by atoms with Gasteiger partial charge in [0.1, 0.15) is 0 Å². The Morgan fingerprint density at radius 3 is 1.25 bits per heavy atom. The normalized spacial score (nSPS) is 5.12. The fourth-order valence-electron chi connectivity index (χ4n) is 0. The van der Waals surface area contributed by atoms with Gasteiger partial charge in [-0.1, -0.05) is 0 Å². The molecule has 8 heavy (non-hydrogen) atoms. The maximum Gasteiger partial charge on any atom is 2.00 e. The molecule has 1 nitrogen and oxygen atoms in total. The predicted octanol–water partition coefficient (Wildman–Crippen LogP) is -2.54. The molecule has 0 unspecified atom stereocenters. The van der Waals surface area contributed by atoms with Gasteiger partial charge in [0.15, 0.2) is 0 Å². The van der Waals surface area contributed by atoms with Gasteiger partial charge in [0.05, 0.1) is 0 Å². The topological polar surface area (TPSA) is 17.1 Å². The number of rotatable bonds is 0. The summed E-state index contributed by atoms with van der Waals surface area (Å²) in [5.74, 6) is 0. The Hall–Kier alpha value is 1.40. The third kappa shape index (κ3) is 155. The molecule has 0 saturated heterocycles. The molecule has 4 heteroatoms. The summed E-state index contributed by atoms with van der Waals surface area (Å²) in [6, 6.07) is 0. The van der Waals surface area contributed by atoms with E-state index in [1.165, 1.54) is 0 Å². The van der Waals surface area contributed by atoms with E-state index in [4.69, 9.17) is 0 Å². The molecule has 0 saturated carbocycles. The van der Waals surface area contributed by atoms with Crippen LogP contribution in [0, 0.1) is 6.92 Å². The van der Waals surface area contributed by atoms with Crippen molar-refractivity contribution in [3.63, 3.8) is 0 Å². The third-order valence-corrected chi connectivity index (χ3v) is 0. The van der Waals surface area contributed by atoms with Crippen molar-refractivity contribution in [2.24, 2.45) is 0 Å². The van der Waals surface area contributed by atoms with Crippen LogP contribution < -0.4 is 17.0 Å². The van der Waals surface area contributed by atoms with Crippen LogP contribution in [0.4, 0.5) is 0 Å². The fraction of sp³-hybridized carbons (Fsp3) is 0.750. The SMILES string of the molecule is CS(C)=O.[Br-].[CH2-]C.[Mg+2]. The molecule has 0 aliphatic carbocycles. The second-order valence-electron chi connectivity index (χ2n) is 0.742. The predicted molar refractivity (Wildman–Crippen MR) is 36.8 cm³/mol. The minimum absolute atomic E-state index is 0. The first-order chi connectivity index (χ1) is 2.73. The molecular weight excluding hydrogens is 200 g/mol. The first-order valence-corrected chi connectivity index (χ1v) is 3.66. The Morgan fingerprint density at radius 2 is 1.25 bits per heavy atom. The Kier molecular flexibility index (Phi) is 67.6. The maximum absolute atomic E-state index is 9.56. The van der Waals surface area contributed by atoms with Gasteiger partial charge in [-0.05, 0) is 0 Å². The molecule has 0 radical (unpaired) electrons. The average molecular weight is 211 g/mol. The van der Waals surface area contributed by atoms with E-state index in [1.807, 2.05) is 0 Å². The van der Waals surface area contributed by atoms with Gasteiger partial charge in [0.2, 0.25) is 0 Å². The molecule has 0 rings (SSSR count). The molecule has 0 aromatic heterocycles.